The Balaban J connectivity index is 1.70. The molecule has 5 N–H and O–H groups in total. The number of carbonyl (C=O) groups excluding carboxylic acids is 1. The molecular formula is C22H31N9O3. The first-order valence-electron chi connectivity index (χ1n) is 11.2. The van der Waals surface area contributed by atoms with Crippen molar-refractivity contribution in [2.24, 2.45) is 0 Å². The fourth-order valence-corrected chi connectivity index (χ4v) is 3.25. The molecule has 0 aliphatic rings. The van der Waals surface area contributed by atoms with E-state index in [0.29, 0.717) is 47.7 Å². The summed E-state index contributed by atoms with van der Waals surface area (Å²) in [6.45, 7) is 11.8. The Morgan fingerprint density at radius 1 is 1.06 bits per heavy atom. The second-order valence-electron chi connectivity index (χ2n) is 7.38. The summed E-state index contributed by atoms with van der Waals surface area (Å²) in [5.74, 6) is 0.575. The van der Waals surface area contributed by atoms with Gasteiger partial charge < -0.3 is 35.6 Å². The van der Waals surface area contributed by atoms with E-state index in [1.165, 1.54) is 0 Å². The third kappa shape index (κ3) is 7.30. The Morgan fingerprint density at radius 3 is 2.44 bits per heavy atom. The van der Waals surface area contributed by atoms with Crippen LogP contribution in [0.25, 0.3) is 11.0 Å². The maximum absolute atomic E-state index is 11.5. The number of hydrogen-bond donors (Lipinski definition) is 5. The molecule has 0 atom stereocenters. The number of aromatic amines is 2. The Labute approximate surface area is 197 Å². The fraction of sp³-hybridized carbons (Fsp3) is 0.409. The minimum Gasteiger partial charge on any atom is -0.461 e. The number of esters is 1. The highest BCUT2D eigenvalue weighted by Gasteiger charge is 2.09. The molecule has 0 spiro atoms. The molecule has 12 nitrogen and oxygen atoms in total. The molecule has 0 aliphatic carbocycles. The Hall–Kier alpha value is -3.93. The summed E-state index contributed by atoms with van der Waals surface area (Å²) in [5, 5.41) is 9.43. The Kier molecular flexibility index (Phi) is 8.97. The molecule has 0 saturated carbocycles. The van der Waals surface area contributed by atoms with E-state index in [1.54, 1.807) is 12.1 Å². The van der Waals surface area contributed by atoms with Gasteiger partial charge in [0.2, 0.25) is 17.8 Å². The molecule has 1 aromatic carbocycles. The second kappa shape index (κ2) is 12.3. The van der Waals surface area contributed by atoms with E-state index in [2.05, 4.69) is 66.2 Å². The molecule has 0 radical (unpaired) electrons. The minimum atomic E-state index is -0.492. The average molecular weight is 470 g/mol. The van der Waals surface area contributed by atoms with Crippen LogP contribution in [0.3, 0.4) is 0 Å². The lowest BCUT2D eigenvalue weighted by molar-refractivity contribution is -0.137. The van der Waals surface area contributed by atoms with Gasteiger partial charge in [-0.2, -0.15) is 15.0 Å². The minimum absolute atomic E-state index is 0.142. The van der Waals surface area contributed by atoms with Crippen LogP contribution >= 0.6 is 0 Å². The van der Waals surface area contributed by atoms with Crippen molar-refractivity contribution in [3.8, 4) is 0 Å². The van der Waals surface area contributed by atoms with Crippen LogP contribution < -0.4 is 21.6 Å². The number of imidazole rings is 1. The SMILES string of the molecule is C=CC(=O)OCCNc1nc(NCCCN(CC)CC)nc(Nc2ccc3[nH]c(=O)[nH]c3c2)n1. The maximum atomic E-state index is 11.5. The number of aromatic nitrogens is 5. The van der Waals surface area contributed by atoms with E-state index in [1.807, 2.05) is 6.07 Å². The topological polar surface area (TPSA) is 153 Å². The molecule has 2 aromatic heterocycles. The number of anilines is 4. The molecule has 3 aromatic rings. The third-order valence-electron chi connectivity index (χ3n) is 5.03. The highest BCUT2D eigenvalue weighted by molar-refractivity contribution is 5.81. The van der Waals surface area contributed by atoms with E-state index < -0.39 is 5.97 Å². The van der Waals surface area contributed by atoms with E-state index in [0.717, 1.165) is 32.1 Å². The van der Waals surface area contributed by atoms with Crippen molar-refractivity contribution in [2.45, 2.75) is 20.3 Å². The molecule has 3 rings (SSSR count). The number of H-pyrrole nitrogens is 2. The van der Waals surface area contributed by atoms with E-state index in [9.17, 15) is 9.59 Å². The average Bonchev–Trinajstić information content (AvgIpc) is 3.21. The molecule has 0 fully saturated rings. The van der Waals surface area contributed by atoms with E-state index in [4.69, 9.17) is 4.74 Å². The van der Waals surface area contributed by atoms with Gasteiger partial charge in [-0.25, -0.2) is 9.59 Å². The molecule has 0 unspecified atom stereocenters. The van der Waals surface area contributed by atoms with Crippen molar-refractivity contribution in [2.75, 3.05) is 55.3 Å². The Bertz CT molecular complexity index is 1150. The van der Waals surface area contributed by atoms with Crippen LogP contribution in [0.5, 0.6) is 0 Å². The molecule has 34 heavy (non-hydrogen) atoms. The number of ether oxygens (including phenoxy) is 1. The number of nitrogens with one attached hydrogen (secondary N) is 5. The predicted molar refractivity (Wildman–Crippen MR) is 133 cm³/mol. The number of benzene rings is 1. The number of carbonyl (C=O) groups is 1. The molecule has 2 heterocycles. The van der Waals surface area contributed by atoms with Gasteiger partial charge in [0.1, 0.15) is 6.61 Å². The molecule has 12 heteroatoms. The summed E-state index contributed by atoms with van der Waals surface area (Å²) in [7, 11) is 0. The highest BCUT2D eigenvalue weighted by atomic mass is 16.5. The van der Waals surface area contributed by atoms with Crippen LogP contribution in [-0.4, -0.2) is 75.1 Å². The molecule has 0 amide bonds. The van der Waals surface area contributed by atoms with E-state index in [-0.39, 0.29) is 12.3 Å². The molecule has 0 aliphatic heterocycles. The maximum Gasteiger partial charge on any atom is 0.330 e. The van der Waals surface area contributed by atoms with Crippen LogP contribution in [0, 0.1) is 0 Å². The fourth-order valence-electron chi connectivity index (χ4n) is 3.25. The standard InChI is InChI=1S/C22H31N9O3/c1-4-18(32)34-13-11-24-20-28-19(23-10-7-12-31(5-2)6-3)29-21(30-20)25-15-8-9-16-17(14-15)27-22(33)26-16/h4,8-9,14H,1,5-7,10-13H2,2-3H3,(H2,26,27,33)(H3,23,24,25,28,29,30). The first kappa shape index (κ1) is 24.7. The van der Waals surface area contributed by atoms with Crippen LogP contribution in [0.4, 0.5) is 23.5 Å². The van der Waals surface area contributed by atoms with Gasteiger partial charge in [-0.15, -0.1) is 0 Å². The summed E-state index contributed by atoms with van der Waals surface area (Å²) in [6, 6.07) is 5.39. The van der Waals surface area contributed by atoms with Crippen LogP contribution in [0.2, 0.25) is 0 Å². The lowest BCUT2D eigenvalue weighted by Gasteiger charge is -2.17. The van der Waals surface area contributed by atoms with Gasteiger partial charge in [0, 0.05) is 18.3 Å². The predicted octanol–water partition coefficient (Wildman–Crippen LogP) is 2.07. The first-order chi connectivity index (χ1) is 16.5. The quantitative estimate of drug-likeness (QED) is 0.135. The first-order valence-corrected chi connectivity index (χ1v) is 11.2. The Morgan fingerprint density at radius 2 is 1.74 bits per heavy atom. The zero-order valence-electron chi connectivity index (χ0n) is 19.5. The number of nitrogens with zero attached hydrogens (tertiary/aromatic N) is 4. The largest absolute Gasteiger partial charge is 0.461 e. The molecule has 0 saturated heterocycles. The van der Waals surface area contributed by atoms with Crippen molar-refractivity contribution < 1.29 is 9.53 Å². The number of hydrogen-bond acceptors (Lipinski definition) is 10. The molecule has 182 valence electrons. The summed E-state index contributed by atoms with van der Waals surface area (Å²) in [6.07, 6.45) is 2.05. The monoisotopic (exact) mass is 469 g/mol. The normalized spacial score (nSPS) is 10.9. The smallest absolute Gasteiger partial charge is 0.330 e. The van der Waals surface area contributed by atoms with Crippen molar-refractivity contribution in [1.29, 1.82) is 0 Å². The van der Waals surface area contributed by atoms with Gasteiger partial charge in [0.25, 0.3) is 0 Å². The lowest BCUT2D eigenvalue weighted by Crippen LogP contribution is -2.25. The zero-order valence-corrected chi connectivity index (χ0v) is 19.5. The highest BCUT2D eigenvalue weighted by Crippen LogP contribution is 2.19. The van der Waals surface area contributed by atoms with Crippen molar-refractivity contribution in [3.05, 3.63) is 41.3 Å². The van der Waals surface area contributed by atoms with Crippen molar-refractivity contribution >= 4 is 40.5 Å². The van der Waals surface area contributed by atoms with Crippen LogP contribution in [0.15, 0.2) is 35.6 Å². The van der Waals surface area contributed by atoms with Gasteiger partial charge in [0.15, 0.2) is 0 Å². The van der Waals surface area contributed by atoms with Gasteiger partial charge in [-0.1, -0.05) is 20.4 Å². The van der Waals surface area contributed by atoms with Crippen LogP contribution in [0.1, 0.15) is 20.3 Å². The van der Waals surface area contributed by atoms with Gasteiger partial charge in [0.05, 0.1) is 17.6 Å². The van der Waals surface area contributed by atoms with Crippen molar-refractivity contribution in [1.82, 2.24) is 29.8 Å². The number of fused-ring (bicyclic) bond motifs is 1. The molecular weight excluding hydrogens is 438 g/mol. The number of rotatable bonds is 14. The van der Waals surface area contributed by atoms with Crippen LogP contribution in [-0.2, 0) is 9.53 Å². The summed E-state index contributed by atoms with van der Waals surface area (Å²) < 4.78 is 4.98. The zero-order chi connectivity index (χ0) is 24.3. The summed E-state index contributed by atoms with van der Waals surface area (Å²) >= 11 is 0. The van der Waals surface area contributed by atoms with Gasteiger partial charge in [-0.3, -0.25) is 0 Å². The third-order valence-corrected chi connectivity index (χ3v) is 5.03. The van der Waals surface area contributed by atoms with E-state index >= 15 is 0 Å². The lowest BCUT2D eigenvalue weighted by atomic mass is 10.3. The van der Waals surface area contributed by atoms with Crippen molar-refractivity contribution in [3.63, 3.8) is 0 Å². The summed E-state index contributed by atoms with van der Waals surface area (Å²) in [5.41, 5.74) is 1.80. The second-order valence-corrected chi connectivity index (χ2v) is 7.38. The van der Waals surface area contributed by atoms with Gasteiger partial charge >= 0.3 is 11.7 Å². The summed E-state index contributed by atoms with van der Waals surface area (Å²) in [4.78, 5) is 43.8. The molecule has 0 bridgehead atoms. The van der Waals surface area contributed by atoms with Gasteiger partial charge in [-0.05, 0) is 44.3 Å².